The maximum absolute atomic E-state index is 14.8. The molecule has 3 aromatic rings. The van der Waals surface area contributed by atoms with E-state index in [1.807, 2.05) is 41.5 Å². The molecule has 1 amide bonds. The van der Waals surface area contributed by atoms with Gasteiger partial charge in [0.05, 0.1) is 42.9 Å². The number of nitrogens with one attached hydrogen (secondary N) is 1. The van der Waals surface area contributed by atoms with Gasteiger partial charge in [0.25, 0.3) is 11.9 Å². The van der Waals surface area contributed by atoms with E-state index in [-0.39, 0.29) is 52.3 Å². The van der Waals surface area contributed by atoms with E-state index >= 15 is 0 Å². The van der Waals surface area contributed by atoms with E-state index in [0.717, 1.165) is 12.1 Å². The monoisotopic (exact) mass is 654 g/mol. The molecule has 1 aromatic carbocycles. The van der Waals surface area contributed by atoms with Crippen molar-refractivity contribution in [2.45, 2.75) is 72.6 Å². The summed E-state index contributed by atoms with van der Waals surface area (Å²) in [6.45, 7) is 14.1. The highest BCUT2D eigenvalue weighted by molar-refractivity contribution is 6.32. The second-order valence-corrected chi connectivity index (χ2v) is 10.8. The molecule has 0 saturated carbocycles. The molecule has 7 rings (SSSR count). The molecule has 248 valence electrons. The molecule has 0 aliphatic carbocycles. The van der Waals surface area contributed by atoms with Crippen LogP contribution in [0.25, 0.3) is 11.2 Å². The first-order chi connectivity index (χ1) is 21.8. The van der Waals surface area contributed by atoms with Crippen LogP contribution in [-0.4, -0.2) is 94.8 Å². The van der Waals surface area contributed by atoms with Gasteiger partial charge in [0, 0.05) is 18.7 Å². The fourth-order valence-electron chi connectivity index (χ4n) is 5.39. The molecule has 1 spiro atoms. The van der Waals surface area contributed by atoms with Crippen molar-refractivity contribution in [1.82, 2.24) is 19.9 Å². The Labute approximate surface area is 266 Å². The number of pyridine rings is 1. The molecule has 1 unspecified atom stereocenters. The molecule has 4 saturated heterocycles. The van der Waals surface area contributed by atoms with Crippen molar-refractivity contribution in [3.8, 4) is 11.9 Å². The van der Waals surface area contributed by atoms with Crippen LogP contribution in [0.3, 0.4) is 0 Å². The Bertz CT molecular complexity index is 1440. The van der Waals surface area contributed by atoms with Gasteiger partial charge >= 0.3 is 0 Å². The minimum absolute atomic E-state index is 0.00294. The van der Waals surface area contributed by atoms with Crippen molar-refractivity contribution < 1.29 is 42.4 Å². The molecule has 6 heterocycles. The second kappa shape index (κ2) is 15.0. The number of carbonyl (C=O) groups excluding carboxylic acids is 1. The van der Waals surface area contributed by atoms with Crippen LogP contribution >= 0.6 is 11.6 Å². The predicted octanol–water partition coefficient (Wildman–Crippen LogP) is 4.93. The largest absolute Gasteiger partial charge is 0.471 e. The van der Waals surface area contributed by atoms with E-state index in [4.69, 9.17) is 35.3 Å². The second-order valence-electron chi connectivity index (χ2n) is 10.4. The SMILES string of the molecule is CC.CC.CC.O=C(c1cc(F)c(COc2nc3nc(O[C@@H]4COC5[C@H](O)CO[C@@H]54)[nH]c3cc2Cl)c(F)c1)N1CC2(COC2)C1. The number of hydrogen-bond acceptors (Lipinski definition) is 9. The number of amides is 1. The van der Waals surface area contributed by atoms with Gasteiger partial charge in [-0.1, -0.05) is 53.1 Å². The molecule has 0 radical (unpaired) electrons. The first-order valence-electron chi connectivity index (χ1n) is 15.4. The Morgan fingerprint density at radius 1 is 1.04 bits per heavy atom. The zero-order valence-electron chi connectivity index (χ0n) is 26.4. The molecule has 2 aromatic heterocycles. The van der Waals surface area contributed by atoms with E-state index in [2.05, 4.69) is 15.0 Å². The zero-order chi connectivity index (χ0) is 32.9. The van der Waals surface area contributed by atoms with Crippen LogP contribution < -0.4 is 9.47 Å². The lowest BCUT2D eigenvalue weighted by Crippen LogP contribution is -2.67. The van der Waals surface area contributed by atoms with Crippen LogP contribution in [0.2, 0.25) is 5.02 Å². The number of H-pyrrole nitrogens is 1. The number of nitrogens with zero attached hydrogens (tertiary/aromatic N) is 3. The molecule has 4 fully saturated rings. The van der Waals surface area contributed by atoms with Crippen LogP contribution in [0.15, 0.2) is 18.2 Å². The Morgan fingerprint density at radius 3 is 2.31 bits per heavy atom. The van der Waals surface area contributed by atoms with Crippen molar-refractivity contribution in [1.29, 1.82) is 0 Å². The number of aromatic nitrogens is 3. The van der Waals surface area contributed by atoms with Gasteiger partial charge in [0.2, 0.25) is 5.88 Å². The van der Waals surface area contributed by atoms with Crippen LogP contribution in [0.4, 0.5) is 8.78 Å². The number of benzene rings is 1. The number of carbonyl (C=O) groups is 1. The number of ether oxygens (including phenoxy) is 5. The first-order valence-corrected chi connectivity index (χ1v) is 15.8. The molecule has 0 bridgehead atoms. The maximum Gasteiger partial charge on any atom is 0.296 e. The van der Waals surface area contributed by atoms with E-state index < -0.39 is 48.6 Å². The minimum Gasteiger partial charge on any atom is -0.471 e. The summed E-state index contributed by atoms with van der Waals surface area (Å²) in [6, 6.07) is 3.66. The average molecular weight is 655 g/mol. The molecular weight excluding hydrogens is 614 g/mol. The van der Waals surface area contributed by atoms with Gasteiger partial charge in [-0.3, -0.25) is 4.79 Å². The van der Waals surface area contributed by atoms with Crippen LogP contribution in [-0.2, 0) is 20.8 Å². The zero-order valence-corrected chi connectivity index (χ0v) is 27.1. The van der Waals surface area contributed by atoms with Crippen molar-refractivity contribution in [3.63, 3.8) is 0 Å². The molecule has 2 N–H and O–H groups in total. The summed E-state index contributed by atoms with van der Waals surface area (Å²) in [7, 11) is 0. The lowest BCUT2D eigenvalue weighted by atomic mass is 9.78. The fraction of sp³-hybridized carbons (Fsp3) is 0.581. The predicted molar refractivity (Wildman–Crippen MR) is 163 cm³/mol. The highest BCUT2D eigenvalue weighted by Gasteiger charge is 2.51. The van der Waals surface area contributed by atoms with Crippen LogP contribution in [0, 0.1) is 17.0 Å². The quantitative estimate of drug-likeness (QED) is 0.380. The van der Waals surface area contributed by atoms with Gasteiger partial charge in [0.15, 0.2) is 11.8 Å². The number of fused-ring (bicyclic) bond motifs is 2. The number of imidazole rings is 1. The number of aliphatic hydroxyl groups is 1. The highest BCUT2D eigenvalue weighted by Crippen LogP contribution is 2.38. The standard InChI is InChI=1S/C25H23ClF2N4O7.3C2H6/c26-13-3-16-21(31-24(29-16)39-18-6-37-19-17(33)5-36-20(18)19)30-22(13)38-4-12-14(27)1-11(2-15(12)28)23(34)32-7-25(8-32)9-35-10-25;3*1-2/h1-3,17-20,33H,4-10H2,(H,29,30,31);3*1-2H3/t17-,18-,19?,20-;;;/m1.../s1. The van der Waals surface area contributed by atoms with Crippen molar-refractivity contribution in [3.05, 3.63) is 46.0 Å². The fourth-order valence-corrected chi connectivity index (χ4v) is 5.60. The van der Waals surface area contributed by atoms with Crippen molar-refractivity contribution in [2.75, 3.05) is 39.5 Å². The van der Waals surface area contributed by atoms with E-state index in [1.165, 1.54) is 6.07 Å². The van der Waals surface area contributed by atoms with Crippen LogP contribution in [0.5, 0.6) is 11.9 Å². The Balaban J connectivity index is 0.000000727. The van der Waals surface area contributed by atoms with Gasteiger partial charge in [0.1, 0.15) is 41.6 Å². The summed E-state index contributed by atoms with van der Waals surface area (Å²) in [5.41, 5.74) is 0.223. The number of aliphatic hydroxyl groups excluding tert-OH is 1. The number of halogens is 3. The third kappa shape index (κ3) is 7.02. The Kier molecular flexibility index (Phi) is 11.6. The average Bonchev–Trinajstić information content (AvgIpc) is 3.70. The lowest BCUT2D eigenvalue weighted by molar-refractivity contribution is -0.176. The van der Waals surface area contributed by atoms with Gasteiger partial charge in [-0.15, -0.1) is 0 Å². The first kappa shape index (κ1) is 34.8. The van der Waals surface area contributed by atoms with E-state index in [1.54, 1.807) is 4.90 Å². The Hall–Kier alpha value is -3.10. The highest BCUT2D eigenvalue weighted by atomic mass is 35.5. The lowest BCUT2D eigenvalue weighted by Gasteiger charge is -2.54. The van der Waals surface area contributed by atoms with Gasteiger partial charge in [-0.05, 0) is 18.2 Å². The topological polar surface area (TPSA) is 128 Å². The summed E-state index contributed by atoms with van der Waals surface area (Å²) in [5, 5.41) is 9.98. The summed E-state index contributed by atoms with van der Waals surface area (Å²) in [4.78, 5) is 25.7. The van der Waals surface area contributed by atoms with Crippen molar-refractivity contribution >= 4 is 28.7 Å². The maximum atomic E-state index is 14.8. The summed E-state index contributed by atoms with van der Waals surface area (Å²) in [5.74, 6) is -2.34. The molecule has 4 aliphatic rings. The number of rotatable bonds is 6. The molecule has 11 nitrogen and oxygen atoms in total. The molecule has 4 aliphatic heterocycles. The summed E-state index contributed by atoms with van der Waals surface area (Å²) >= 11 is 6.29. The number of aromatic amines is 1. The normalized spacial score (nSPS) is 23.7. The van der Waals surface area contributed by atoms with Crippen molar-refractivity contribution in [2.24, 2.45) is 5.41 Å². The molecule has 45 heavy (non-hydrogen) atoms. The third-order valence-corrected chi connectivity index (χ3v) is 7.79. The summed E-state index contributed by atoms with van der Waals surface area (Å²) in [6.07, 6.45) is -2.06. The summed E-state index contributed by atoms with van der Waals surface area (Å²) < 4.78 is 57.3. The van der Waals surface area contributed by atoms with Gasteiger partial charge in [-0.25, -0.2) is 8.78 Å². The molecule has 14 heteroatoms. The number of likely N-dealkylation sites (tertiary alicyclic amines) is 1. The van der Waals surface area contributed by atoms with Gasteiger partial charge < -0.3 is 38.7 Å². The third-order valence-electron chi connectivity index (χ3n) is 7.52. The number of hydrogen-bond donors (Lipinski definition) is 2. The Morgan fingerprint density at radius 2 is 1.69 bits per heavy atom. The van der Waals surface area contributed by atoms with Crippen LogP contribution in [0.1, 0.15) is 57.5 Å². The molecular formula is C31H41ClF2N4O7. The minimum atomic E-state index is -0.912. The smallest absolute Gasteiger partial charge is 0.296 e. The van der Waals surface area contributed by atoms with E-state index in [9.17, 15) is 18.7 Å². The molecule has 4 atom stereocenters. The van der Waals surface area contributed by atoms with Gasteiger partial charge in [-0.2, -0.15) is 9.97 Å². The van der Waals surface area contributed by atoms with E-state index in [0.29, 0.717) is 31.8 Å².